The highest BCUT2D eigenvalue weighted by molar-refractivity contribution is 6.00. The van der Waals surface area contributed by atoms with E-state index in [0.29, 0.717) is 32.5 Å². The van der Waals surface area contributed by atoms with Gasteiger partial charge >= 0.3 is 5.69 Å². The molecular weight excluding hydrogens is 478 g/mol. The van der Waals surface area contributed by atoms with Crippen LogP contribution < -0.4 is 10.2 Å². The summed E-state index contributed by atoms with van der Waals surface area (Å²) in [6.45, 7) is 4.83. The molecule has 0 saturated carbocycles. The maximum Gasteiger partial charge on any atom is 0.307 e. The van der Waals surface area contributed by atoms with E-state index in [1.54, 1.807) is 4.68 Å². The van der Waals surface area contributed by atoms with Crippen molar-refractivity contribution in [2.24, 2.45) is 0 Å². The van der Waals surface area contributed by atoms with E-state index in [9.17, 15) is 24.5 Å². The Morgan fingerprint density at radius 2 is 1.73 bits per heavy atom. The highest BCUT2D eigenvalue weighted by Crippen LogP contribution is 2.27. The van der Waals surface area contributed by atoms with Crippen LogP contribution in [0.1, 0.15) is 43.2 Å². The van der Waals surface area contributed by atoms with Gasteiger partial charge in [-0.3, -0.25) is 39.4 Å². The molecule has 0 radical (unpaired) electrons. The molecule has 196 valence electrons. The van der Waals surface area contributed by atoms with Crippen molar-refractivity contribution in [1.82, 2.24) is 24.9 Å². The fraction of sp³-hybridized carbons (Fsp3) is 0.520. The highest BCUT2D eigenvalue weighted by Gasteiger charge is 2.29. The van der Waals surface area contributed by atoms with Crippen LogP contribution in [-0.4, -0.2) is 88.0 Å². The lowest BCUT2D eigenvalue weighted by atomic mass is 9.90. The van der Waals surface area contributed by atoms with E-state index in [4.69, 9.17) is 0 Å². The molecule has 12 nitrogen and oxygen atoms in total. The van der Waals surface area contributed by atoms with Crippen LogP contribution in [0.5, 0.6) is 0 Å². The van der Waals surface area contributed by atoms with Crippen LogP contribution in [0.15, 0.2) is 36.7 Å². The normalized spacial score (nSPS) is 21.7. The molecule has 1 unspecified atom stereocenters. The first-order valence-corrected chi connectivity index (χ1v) is 12.7. The Morgan fingerprint density at radius 1 is 1.03 bits per heavy atom. The molecule has 1 N–H and O–H groups in total. The predicted molar refractivity (Wildman–Crippen MR) is 134 cm³/mol. The molecule has 3 aliphatic heterocycles. The fourth-order valence-corrected chi connectivity index (χ4v) is 5.39. The lowest BCUT2D eigenvalue weighted by Gasteiger charge is -2.38. The van der Waals surface area contributed by atoms with Crippen LogP contribution in [0, 0.1) is 10.1 Å². The number of nitrogens with one attached hydrogen (secondary N) is 1. The summed E-state index contributed by atoms with van der Waals surface area (Å²) in [5.74, 6) is -0.595. The Morgan fingerprint density at radius 3 is 2.35 bits per heavy atom. The molecule has 0 aliphatic carbocycles. The van der Waals surface area contributed by atoms with E-state index in [1.807, 2.05) is 29.2 Å². The van der Waals surface area contributed by atoms with Crippen LogP contribution >= 0.6 is 0 Å². The quantitative estimate of drug-likeness (QED) is 0.350. The van der Waals surface area contributed by atoms with Gasteiger partial charge in [0.2, 0.25) is 17.7 Å². The van der Waals surface area contributed by atoms with Gasteiger partial charge in [-0.1, -0.05) is 12.1 Å². The van der Waals surface area contributed by atoms with Crippen molar-refractivity contribution < 1.29 is 19.3 Å². The molecule has 3 fully saturated rings. The van der Waals surface area contributed by atoms with Crippen molar-refractivity contribution in [3.05, 3.63) is 52.3 Å². The third-order valence-electron chi connectivity index (χ3n) is 7.62. The summed E-state index contributed by atoms with van der Waals surface area (Å²) in [5, 5.41) is 17.4. The average molecular weight is 510 g/mol. The number of nitro groups is 1. The van der Waals surface area contributed by atoms with Crippen molar-refractivity contribution in [1.29, 1.82) is 0 Å². The second-order valence-corrected chi connectivity index (χ2v) is 9.91. The van der Waals surface area contributed by atoms with E-state index in [0.717, 1.165) is 50.3 Å². The molecule has 1 aromatic carbocycles. The number of piperidine rings is 2. The minimum absolute atomic E-state index is 0.0112. The summed E-state index contributed by atoms with van der Waals surface area (Å²) in [5.41, 5.74) is 2.00. The van der Waals surface area contributed by atoms with Crippen molar-refractivity contribution in [3.63, 3.8) is 0 Å². The summed E-state index contributed by atoms with van der Waals surface area (Å²) in [6, 6.07) is 8.06. The number of imide groups is 1. The van der Waals surface area contributed by atoms with Crippen LogP contribution in [0.2, 0.25) is 0 Å². The molecule has 4 heterocycles. The summed E-state index contributed by atoms with van der Waals surface area (Å²) >= 11 is 0. The van der Waals surface area contributed by atoms with Gasteiger partial charge in [-0.2, -0.15) is 5.10 Å². The van der Waals surface area contributed by atoms with Crippen molar-refractivity contribution >= 4 is 29.1 Å². The van der Waals surface area contributed by atoms with Gasteiger partial charge in [-0.05, 0) is 37.0 Å². The van der Waals surface area contributed by atoms with Crippen LogP contribution in [0.25, 0.3) is 0 Å². The Labute approximate surface area is 214 Å². The smallest absolute Gasteiger partial charge is 0.307 e. The van der Waals surface area contributed by atoms with E-state index < -0.39 is 4.92 Å². The number of carbonyl (C=O) groups is 3. The molecule has 12 heteroatoms. The first kappa shape index (κ1) is 24.9. The molecule has 1 atom stereocenters. The lowest BCUT2D eigenvalue weighted by Crippen LogP contribution is -2.51. The van der Waals surface area contributed by atoms with E-state index in [1.165, 1.54) is 12.4 Å². The number of nitrogens with zero attached hydrogens (tertiary/aromatic N) is 6. The van der Waals surface area contributed by atoms with E-state index >= 15 is 0 Å². The highest BCUT2D eigenvalue weighted by atomic mass is 16.6. The zero-order chi connectivity index (χ0) is 25.9. The molecule has 1 aromatic heterocycles. The minimum atomic E-state index is -0.446. The Balaban J connectivity index is 1.06. The Hall–Kier alpha value is -3.80. The molecule has 2 aromatic rings. The summed E-state index contributed by atoms with van der Waals surface area (Å²) in [4.78, 5) is 53.2. The number of hydrogen-bond donors (Lipinski definition) is 1. The molecule has 0 spiro atoms. The van der Waals surface area contributed by atoms with E-state index in [2.05, 4.69) is 20.2 Å². The number of anilines is 1. The van der Waals surface area contributed by atoms with Gasteiger partial charge < -0.3 is 9.80 Å². The van der Waals surface area contributed by atoms with Crippen molar-refractivity contribution in [2.45, 2.75) is 37.6 Å². The van der Waals surface area contributed by atoms with Gasteiger partial charge in [0.15, 0.2) is 0 Å². The maximum absolute atomic E-state index is 12.9. The number of aromatic nitrogens is 2. The first-order chi connectivity index (χ1) is 17.9. The second-order valence-electron chi connectivity index (χ2n) is 9.91. The number of carbonyl (C=O) groups excluding carboxylic acids is 3. The molecule has 3 amide bonds. The van der Waals surface area contributed by atoms with Crippen molar-refractivity contribution in [3.8, 4) is 0 Å². The van der Waals surface area contributed by atoms with Crippen LogP contribution in [0.4, 0.5) is 11.4 Å². The number of likely N-dealkylation sites (tertiary alicyclic amines) is 1. The van der Waals surface area contributed by atoms with Gasteiger partial charge in [-0.25, -0.2) is 0 Å². The van der Waals surface area contributed by atoms with Crippen LogP contribution in [0.3, 0.4) is 0 Å². The molecule has 0 bridgehead atoms. The van der Waals surface area contributed by atoms with Gasteiger partial charge in [0.25, 0.3) is 0 Å². The fourth-order valence-electron chi connectivity index (χ4n) is 5.39. The predicted octanol–water partition coefficient (Wildman–Crippen LogP) is 1.30. The number of amides is 3. The summed E-state index contributed by atoms with van der Waals surface area (Å²) in [6.07, 6.45) is 5.10. The SMILES string of the molecule is O=C1CCC(c2ccc(N3CCN(CC(=O)N4CCC(n5cc([N+](=O)[O-])cn5)CC4)CC3)cc2)C(=O)N1. The zero-order valence-electron chi connectivity index (χ0n) is 20.6. The first-order valence-electron chi connectivity index (χ1n) is 12.7. The zero-order valence-corrected chi connectivity index (χ0v) is 20.6. The topological polar surface area (TPSA) is 134 Å². The monoisotopic (exact) mass is 509 g/mol. The molecule has 3 aliphatic rings. The minimum Gasteiger partial charge on any atom is -0.369 e. The number of hydrogen-bond acceptors (Lipinski definition) is 8. The largest absolute Gasteiger partial charge is 0.369 e. The summed E-state index contributed by atoms with van der Waals surface area (Å²) < 4.78 is 1.65. The van der Waals surface area contributed by atoms with Crippen molar-refractivity contribution in [2.75, 3.05) is 50.7 Å². The Bertz CT molecular complexity index is 1160. The lowest BCUT2D eigenvalue weighted by molar-refractivity contribution is -0.385. The van der Waals surface area contributed by atoms with Gasteiger partial charge in [0, 0.05) is 51.4 Å². The third kappa shape index (κ3) is 5.63. The maximum atomic E-state index is 12.9. The Kier molecular flexibility index (Phi) is 7.17. The van der Waals surface area contributed by atoms with Crippen LogP contribution in [-0.2, 0) is 14.4 Å². The van der Waals surface area contributed by atoms with Gasteiger partial charge in [-0.15, -0.1) is 0 Å². The summed E-state index contributed by atoms with van der Waals surface area (Å²) in [7, 11) is 0. The molecule has 3 saturated heterocycles. The standard InChI is InChI=1S/C25H31N7O5/c33-23-6-5-22(25(35)27-23)18-1-3-19(4-2-18)29-13-11-28(12-14-29)17-24(34)30-9-7-20(8-10-30)31-16-21(15-26-31)32(36)37/h1-4,15-16,20,22H,5-14,17H2,(H,27,33,35). The van der Waals surface area contributed by atoms with E-state index in [-0.39, 0.29) is 35.4 Å². The molecular formula is C25H31N7O5. The number of rotatable bonds is 6. The second kappa shape index (κ2) is 10.7. The third-order valence-corrected chi connectivity index (χ3v) is 7.62. The van der Waals surface area contributed by atoms with Gasteiger partial charge in [0.1, 0.15) is 12.4 Å². The molecule has 5 rings (SSSR count). The number of piperazine rings is 1. The molecule has 37 heavy (non-hydrogen) atoms. The average Bonchev–Trinajstić information content (AvgIpc) is 3.40. The number of benzene rings is 1. The van der Waals surface area contributed by atoms with Gasteiger partial charge in [0.05, 0.1) is 23.4 Å².